The summed E-state index contributed by atoms with van der Waals surface area (Å²) in [4.78, 5) is 8.99. The number of hydrogen-bond donors (Lipinski definition) is 2. The van der Waals surface area contributed by atoms with Crippen LogP contribution in [0.5, 0.6) is 5.88 Å². The van der Waals surface area contributed by atoms with Crippen LogP contribution < -0.4 is 10.1 Å². The summed E-state index contributed by atoms with van der Waals surface area (Å²) in [6, 6.07) is 8.04. The second kappa shape index (κ2) is 6.32. The first-order valence-corrected chi connectivity index (χ1v) is 9.31. The molecule has 0 unspecified atom stereocenters. The van der Waals surface area contributed by atoms with E-state index in [9.17, 15) is 0 Å². The van der Waals surface area contributed by atoms with E-state index in [0.29, 0.717) is 23.4 Å². The minimum absolute atomic E-state index is 0.147. The minimum Gasteiger partial charge on any atom is -0.471 e. The third-order valence-corrected chi connectivity index (χ3v) is 5.73. The van der Waals surface area contributed by atoms with Gasteiger partial charge >= 0.3 is 0 Å². The maximum atomic E-state index is 8.95. The predicted molar refractivity (Wildman–Crippen MR) is 100 cm³/mol. The highest BCUT2D eigenvalue weighted by atomic mass is 16.5. The highest BCUT2D eigenvalue weighted by Gasteiger charge is 2.52. The molecule has 0 bridgehead atoms. The van der Waals surface area contributed by atoms with Gasteiger partial charge in [-0.3, -0.25) is 10.1 Å². The van der Waals surface area contributed by atoms with E-state index in [1.54, 1.807) is 12.4 Å². The number of fused-ring (bicyclic) bond motifs is 1. The van der Waals surface area contributed by atoms with Crippen LogP contribution >= 0.6 is 0 Å². The summed E-state index contributed by atoms with van der Waals surface area (Å²) in [5, 5.41) is 20.8. The quantitative estimate of drug-likeness (QED) is 0.742. The van der Waals surface area contributed by atoms with Crippen LogP contribution in [0.4, 0.5) is 0 Å². The molecule has 1 atom stereocenters. The fourth-order valence-corrected chi connectivity index (χ4v) is 3.97. The molecular formula is C20H20N6O. The molecule has 1 spiro atoms. The van der Waals surface area contributed by atoms with Gasteiger partial charge in [-0.05, 0) is 43.5 Å². The highest BCUT2D eigenvalue weighted by molar-refractivity contribution is 5.92. The number of nitriles is 1. The van der Waals surface area contributed by atoms with Gasteiger partial charge in [0, 0.05) is 17.3 Å². The molecule has 27 heavy (non-hydrogen) atoms. The molecule has 5 rings (SSSR count). The second-order valence-corrected chi connectivity index (χ2v) is 7.45. The molecule has 1 aliphatic heterocycles. The van der Waals surface area contributed by atoms with Crippen molar-refractivity contribution in [1.82, 2.24) is 25.5 Å². The molecule has 3 aromatic rings. The molecule has 2 aromatic heterocycles. The third-order valence-electron chi connectivity index (χ3n) is 5.73. The van der Waals surface area contributed by atoms with Crippen molar-refractivity contribution >= 4 is 10.9 Å². The number of nitrogens with one attached hydrogen (secondary N) is 2. The molecule has 1 aromatic carbocycles. The summed E-state index contributed by atoms with van der Waals surface area (Å²) in [6.45, 7) is 1.92. The van der Waals surface area contributed by atoms with E-state index >= 15 is 0 Å². The van der Waals surface area contributed by atoms with Gasteiger partial charge in [-0.15, -0.1) is 0 Å². The number of piperidine rings is 1. The Morgan fingerprint density at radius 3 is 3.04 bits per heavy atom. The number of benzene rings is 1. The Bertz CT molecular complexity index is 1030. The zero-order chi connectivity index (χ0) is 18.3. The van der Waals surface area contributed by atoms with Crippen molar-refractivity contribution in [2.24, 2.45) is 5.41 Å². The normalized spacial score (nSPS) is 20.5. The molecule has 7 nitrogen and oxygen atoms in total. The summed E-state index contributed by atoms with van der Waals surface area (Å²) in [5.41, 5.74) is 3.59. The van der Waals surface area contributed by atoms with Gasteiger partial charge in [0.2, 0.25) is 5.88 Å². The molecule has 1 saturated carbocycles. The molecule has 136 valence electrons. The average molecular weight is 360 g/mol. The highest BCUT2D eigenvalue weighted by Crippen LogP contribution is 2.53. The Balaban J connectivity index is 1.46. The molecule has 2 fully saturated rings. The number of hydrogen-bond acceptors (Lipinski definition) is 6. The smallest absolute Gasteiger partial charge is 0.233 e. The fraction of sp³-hybridized carbons (Fsp3) is 0.400. The van der Waals surface area contributed by atoms with E-state index in [1.165, 1.54) is 12.8 Å². The van der Waals surface area contributed by atoms with Crippen LogP contribution in [0.15, 0.2) is 30.6 Å². The van der Waals surface area contributed by atoms with E-state index in [-0.39, 0.29) is 6.10 Å². The topological polar surface area (TPSA) is 99.5 Å². The van der Waals surface area contributed by atoms with Crippen molar-refractivity contribution in [1.29, 1.82) is 5.26 Å². The molecular weight excluding hydrogens is 340 g/mol. The maximum absolute atomic E-state index is 8.95. The largest absolute Gasteiger partial charge is 0.471 e. The molecule has 2 aliphatic rings. The van der Waals surface area contributed by atoms with Gasteiger partial charge in [-0.2, -0.15) is 10.4 Å². The Morgan fingerprint density at radius 1 is 1.26 bits per heavy atom. The van der Waals surface area contributed by atoms with Crippen LogP contribution in [-0.2, 0) is 6.42 Å². The standard InChI is InChI=1S/C20H20N6O/c21-7-3-13-1-2-15-14(9-13)19(26-25-15)16-10-23-12-18(24-16)27-17-11-22-8-6-20(17)4-5-20/h1-2,9-10,12,17,22H,3-6,8,11H2,(H,25,26)/t17-/m0/s1. The number of ether oxygens (including phenoxy) is 1. The summed E-state index contributed by atoms with van der Waals surface area (Å²) < 4.78 is 6.23. The molecule has 1 aliphatic carbocycles. The lowest BCUT2D eigenvalue weighted by Gasteiger charge is -2.32. The molecule has 3 heterocycles. The van der Waals surface area contributed by atoms with Gasteiger partial charge in [-0.25, -0.2) is 4.98 Å². The van der Waals surface area contributed by atoms with Crippen molar-refractivity contribution in [3.05, 3.63) is 36.2 Å². The van der Waals surface area contributed by atoms with Crippen LogP contribution in [0, 0.1) is 16.7 Å². The zero-order valence-electron chi connectivity index (χ0n) is 14.9. The lowest BCUT2D eigenvalue weighted by Crippen LogP contribution is -2.45. The van der Waals surface area contributed by atoms with Crippen LogP contribution in [0.3, 0.4) is 0 Å². The zero-order valence-corrected chi connectivity index (χ0v) is 14.9. The SMILES string of the molecule is N#CCc1ccc2[nH]nc(-c3cncc(O[C@H]4CNCCC45CC5)n3)c2c1. The van der Waals surface area contributed by atoms with Crippen LogP contribution in [0.1, 0.15) is 24.8 Å². The molecule has 0 radical (unpaired) electrons. The third kappa shape index (κ3) is 2.92. The summed E-state index contributed by atoms with van der Waals surface area (Å²) in [7, 11) is 0. The van der Waals surface area contributed by atoms with Crippen LogP contribution in [0.25, 0.3) is 22.3 Å². The van der Waals surface area contributed by atoms with Gasteiger partial charge in [0.1, 0.15) is 17.5 Å². The lowest BCUT2D eigenvalue weighted by atomic mass is 9.92. The van der Waals surface area contributed by atoms with Crippen molar-refractivity contribution in [3.8, 4) is 23.3 Å². The first-order valence-electron chi connectivity index (χ1n) is 9.31. The minimum atomic E-state index is 0.147. The second-order valence-electron chi connectivity index (χ2n) is 7.45. The Labute approximate surface area is 156 Å². The monoisotopic (exact) mass is 360 g/mol. The molecule has 7 heteroatoms. The van der Waals surface area contributed by atoms with E-state index in [0.717, 1.165) is 41.7 Å². The molecule has 1 saturated heterocycles. The van der Waals surface area contributed by atoms with E-state index in [1.807, 2.05) is 18.2 Å². The Kier molecular flexibility index (Phi) is 3.80. The van der Waals surface area contributed by atoms with Gasteiger partial charge in [0.25, 0.3) is 0 Å². The van der Waals surface area contributed by atoms with Gasteiger partial charge < -0.3 is 10.1 Å². The van der Waals surface area contributed by atoms with Crippen LogP contribution in [0.2, 0.25) is 0 Å². The molecule has 0 amide bonds. The van der Waals surface area contributed by atoms with Gasteiger partial charge in [-0.1, -0.05) is 6.07 Å². The maximum Gasteiger partial charge on any atom is 0.233 e. The van der Waals surface area contributed by atoms with E-state index in [4.69, 9.17) is 10.00 Å². The van der Waals surface area contributed by atoms with Gasteiger partial charge in [0.05, 0.1) is 30.4 Å². The Hall–Kier alpha value is -2.98. The number of aromatic nitrogens is 4. The van der Waals surface area contributed by atoms with Crippen molar-refractivity contribution < 1.29 is 4.74 Å². The van der Waals surface area contributed by atoms with Crippen molar-refractivity contribution in [2.75, 3.05) is 13.1 Å². The summed E-state index contributed by atoms with van der Waals surface area (Å²) >= 11 is 0. The Morgan fingerprint density at radius 2 is 2.19 bits per heavy atom. The molecule has 2 N–H and O–H groups in total. The summed E-state index contributed by atoms with van der Waals surface area (Å²) in [5.74, 6) is 0.539. The predicted octanol–water partition coefficient (Wildman–Crippen LogP) is 2.61. The number of aromatic amines is 1. The number of H-pyrrole nitrogens is 1. The number of nitrogens with zero attached hydrogens (tertiary/aromatic N) is 4. The lowest BCUT2D eigenvalue weighted by molar-refractivity contribution is 0.0844. The van der Waals surface area contributed by atoms with Gasteiger partial charge in [0.15, 0.2) is 0 Å². The van der Waals surface area contributed by atoms with E-state index in [2.05, 4.69) is 31.6 Å². The number of rotatable bonds is 4. The van der Waals surface area contributed by atoms with Crippen LogP contribution in [-0.4, -0.2) is 39.4 Å². The van der Waals surface area contributed by atoms with Crippen molar-refractivity contribution in [3.63, 3.8) is 0 Å². The first-order chi connectivity index (χ1) is 13.3. The average Bonchev–Trinajstić information content (AvgIpc) is 3.33. The van der Waals surface area contributed by atoms with Crippen molar-refractivity contribution in [2.45, 2.75) is 31.8 Å². The fourth-order valence-electron chi connectivity index (χ4n) is 3.97. The summed E-state index contributed by atoms with van der Waals surface area (Å²) in [6.07, 6.45) is 7.52. The first kappa shape index (κ1) is 16.2. The van der Waals surface area contributed by atoms with E-state index < -0.39 is 0 Å².